The average Bonchev–Trinajstić information content (AvgIpc) is 3.15. The van der Waals surface area contributed by atoms with Crippen molar-refractivity contribution in [2.24, 2.45) is 0 Å². The third kappa shape index (κ3) is 4.03. The zero-order chi connectivity index (χ0) is 19.5. The fourth-order valence-electron chi connectivity index (χ4n) is 3.48. The third-order valence-corrected chi connectivity index (χ3v) is 4.91. The number of urea groups is 1. The Morgan fingerprint density at radius 3 is 2.54 bits per heavy atom. The molecule has 0 bridgehead atoms. The van der Waals surface area contributed by atoms with E-state index in [-0.39, 0.29) is 0 Å². The van der Waals surface area contributed by atoms with E-state index in [1.165, 1.54) is 17.5 Å². The normalized spacial score (nSPS) is 15.3. The third-order valence-electron chi connectivity index (χ3n) is 4.91. The Labute approximate surface area is 163 Å². The number of carbonyl (C=O) groups is 2. The number of nitrogens with one attached hydrogen (secondary N) is 3. The highest BCUT2D eigenvalue weighted by atomic mass is 16.6. The van der Waals surface area contributed by atoms with Gasteiger partial charge in [-0.25, -0.2) is 4.79 Å². The van der Waals surface area contributed by atoms with Gasteiger partial charge >= 0.3 is 6.03 Å². The van der Waals surface area contributed by atoms with Gasteiger partial charge in [0.25, 0.3) is 0 Å². The molecule has 3 N–H and O–H groups in total. The molecule has 2 aliphatic rings. The lowest BCUT2D eigenvalue weighted by atomic mass is 10.1. The molecule has 28 heavy (non-hydrogen) atoms. The smallest absolute Gasteiger partial charge is 0.325 e. The van der Waals surface area contributed by atoms with Crippen molar-refractivity contribution >= 4 is 23.3 Å². The minimum Gasteiger partial charge on any atom is -0.486 e. The zero-order valence-electron chi connectivity index (χ0n) is 15.7. The van der Waals surface area contributed by atoms with Crippen molar-refractivity contribution in [3.63, 3.8) is 0 Å². The Morgan fingerprint density at radius 2 is 1.68 bits per heavy atom. The molecule has 0 radical (unpaired) electrons. The quantitative estimate of drug-likeness (QED) is 0.757. The summed E-state index contributed by atoms with van der Waals surface area (Å²) in [6.45, 7) is 2.69. The summed E-state index contributed by atoms with van der Waals surface area (Å²) < 4.78 is 10.9. The molecule has 7 heteroatoms. The van der Waals surface area contributed by atoms with E-state index in [0.29, 0.717) is 30.4 Å². The lowest BCUT2D eigenvalue weighted by molar-refractivity contribution is -0.120. The van der Waals surface area contributed by atoms with Crippen LogP contribution < -0.4 is 25.4 Å². The summed E-state index contributed by atoms with van der Waals surface area (Å²) in [5, 5.41) is 8.15. The number of benzene rings is 2. The van der Waals surface area contributed by atoms with Gasteiger partial charge < -0.3 is 20.1 Å². The van der Waals surface area contributed by atoms with Crippen molar-refractivity contribution < 1.29 is 19.1 Å². The van der Waals surface area contributed by atoms with Crippen LogP contribution in [0.3, 0.4) is 0 Å². The van der Waals surface area contributed by atoms with Gasteiger partial charge in [0.1, 0.15) is 19.3 Å². The van der Waals surface area contributed by atoms with Gasteiger partial charge in [0.2, 0.25) is 5.91 Å². The van der Waals surface area contributed by atoms with Crippen LogP contribution in [0, 0.1) is 0 Å². The second-order valence-electron chi connectivity index (χ2n) is 7.00. The highest BCUT2D eigenvalue weighted by Gasteiger charge is 2.18. The van der Waals surface area contributed by atoms with Crippen molar-refractivity contribution in [2.45, 2.75) is 32.2 Å². The number of ether oxygens (including phenoxy) is 2. The lowest BCUT2D eigenvalue weighted by Crippen LogP contribution is -2.42. The maximum absolute atomic E-state index is 12.3. The average molecular weight is 381 g/mol. The number of hydrogen-bond donors (Lipinski definition) is 3. The van der Waals surface area contributed by atoms with Crippen molar-refractivity contribution in [1.29, 1.82) is 0 Å². The van der Waals surface area contributed by atoms with Crippen LogP contribution >= 0.6 is 0 Å². The van der Waals surface area contributed by atoms with Gasteiger partial charge in [-0.05, 0) is 61.6 Å². The Kier molecular flexibility index (Phi) is 5.06. The van der Waals surface area contributed by atoms with Crippen LogP contribution in [0.2, 0.25) is 0 Å². The van der Waals surface area contributed by atoms with Crippen molar-refractivity contribution in [1.82, 2.24) is 5.32 Å². The fraction of sp³-hybridized carbons (Fsp3) is 0.333. The molecule has 0 fully saturated rings. The first kappa shape index (κ1) is 18.2. The summed E-state index contributed by atoms with van der Waals surface area (Å²) in [6.07, 6.45) is 3.36. The molecule has 0 saturated carbocycles. The number of carbonyl (C=O) groups excluding carboxylic acids is 2. The predicted molar refractivity (Wildman–Crippen MR) is 106 cm³/mol. The minimum absolute atomic E-state index is 0.407. The molecule has 4 rings (SSSR count). The lowest BCUT2D eigenvalue weighted by Gasteiger charge is -2.19. The van der Waals surface area contributed by atoms with Gasteiger partial charge in [-0.2, -0.15) is 0 Å². The number of anilines is 2. The molecule has 0 spiro atoms. The van der Waals surface area contributed by atoms with Gasteiger partial charge in [-0.1, -0.05) is 6.07 Å². The molecular formula is C21H23N3O4. The zero-order valence-corrected chi connectivity index (χ0v) is 15.7. The first-order chi connectivity index (χ1) is 13.6. The summed E-state index contributed by atoms with van der Waals surface area (Å²) in [4.78, 5) is 24.5. The molecule has 0 unspecified atom stereocenters. The van der Waals surface area contributed by atoms with Gasteiger partial charge in [0.15, 0.2) is 11.5 Å². The summed E-state index contributed by atoms with van der Waals surface area (Å²) in [5.41, 5.74) is 4.11. The van der Waals surface area contributed by atoms with Gasteiger partial charge in [0.05, 0.1) is 0 Å². The van der Waals surface area contributed by atoms with Gasteiger partial charge in [-0.3, -0.25) is 10.1 Å². The first-order valence-electron chi connectivity index (χ1n) is 9.48. The number of hydrogen-bond acceptors (Lipinski definition) is 5. The van der Waals surface area contributed by atoms with Gasteiger partial charge in [-0.15, -0.1) is 0 Å². The van der Waals surface area contributed by atoms with Crippen LogP contribution in [0.4, 0.5) is 16.2 Å². The van der Waals surface area contributed by atoms with Crippen molar-refractivity contribution in [3.8, 4) is 11.5 Å². The summed E-state index contributed by atoms with van der Waals surface area (Å²) >= 11 is 0. The molecule has 2 aromatic carbocycles. The van der Waals surface area contributed by atoms with Crippen LogP contribution in [0.5, 0.6) is 11.5 Å². The Balaban J connectivity index is 1.32. The number of rotatable bonds is 4. The SMILES string of the molecule is C[C@@H](Nc1ccc2c(c1)CCC2)C(=O)NC(=O)Nc1ccc2c(c1)OCCO2. The molecule has 1 atom stereocenters. The Hall–Kier alpha value is -3.22. The number of amides is 3. The van der Waals surface area contributed by atoms with E-state index in [1.54, 1.807) is 25.1 Å². The second-order valence-corrected chi connectivity index (χ2v) is 7.00. The Morgan fingerprint density at radius 1 is 0.929 bits per heavy atom. The van der Waals surface area contributed by atoms with Crippen LogP contribution in [-0.2, 0) is 17.6 Å². The van der Waals surface area contributed by atoms with Crippen LogP contribution in [0.25, 0.3) is 0 Å². The maximum atomic E-state index is 12.3. The molecule has 0 saturated heterocycles. The fourth-order valence-corrected chi connectivity index (χ4v) is 3.48. The Bertz CT molecular complexity index is 913. The number of imide groups is 1. The number of aryl methyl sites for hydroxylation is 2. The van der Waals surface area contributed by atoms with Crippen LogP contribution in [0.1, 0.15) is 24.5 Å². The van der Waals surface area contributed by atoms with Crippen LogP contribution in [-0.4, -0.2) is 31.2 Å². The van der Waals surface area contributed by atoms with E-state index < -0.39 is 18.0 Å². The topological polar surface area (TPSA) is 88.7 Å². The molecule has 1 aliphatic carbocycles. The van der Waals surface area contributed by atoms with E-state index >= 15 is 0 Å². The monoisotopic (exact) mass is 381 g/mol. The number of fused-ring (bicyclic) bond motifs is 2. The molecule has 7 nitrogen and oxygen atoms in total. The second kappa shape index (κ2) is 7.80. The molecule has 1 aliphatic heterocycles. The molecular weight excluding hydrogens is 358 g/mol. The highest BCUT2D eigenvalue weighted by Crippen LogP contribution is 2.32. The van der Waals surface area contributed by atoms with Crippen molar-refractivity contribution in [2.75, 3.05) is 23.8 Å². The van der Waals surface area contributed by atoms with E-state index in [4.69, 9.17) is 9.47 Å². The molecule has 3 amide bonds. The van der Waals surface area contributed by atoms with E-state index in [9.17, 15) is 9.59 Å². The van der Waals surface area contributed by atoms with Crippen LogP contribution in [0.15, 0.2) is 36.4 Å². The highest BCUT2D eigenvalue weighted by molar-refractivity contribution is 6.03. The maximum Gasteiger partial charge on any atom is 0.325 e. The standard InChI is InChI=1S/C21H23N3O4/c1-13(22-16-6-5-14-3-2-4-15(14)11-16)20(25)24-21(26)23-17-7-8-18-19(12-17)28-10-9-27-18/h5-8,11-13,22H,2-4,9-10H2,1H3,(H2,23,24,25,26)/t13-/m1/s1. The van der Waals surface area contributed by atoms with E-state index in [1.807, 2.05) is 6.07 Å². The molecule has 2 aromatic rings. The first-order valence-corrected chi connectivity index (χ1v) is 9.48. The summed E-state index contributed by atoms with van der Waals surface area (Å²) in [6, 6.07) is 10.1. The summed E-state index contributed by atoms with van der Waals surface area (Å²) in [7, 11) is 0. The predicted octanol–water partition coefficient (Wildman–Crippen LogP) is 3.10. The largest absolute Gasteiger partial charge is 0.486 e. The molecule has 0 aromatic heterocycles. The van der Waals surface area contributed by atoms with Crippen molar-refractivity contribution in [3.05, 3.63) is 47.5 Å². The van der Waals surface area contributed by atoms with E-state index in [0.717, 1.165) is 18.5 Å². The molecule has 1 heterocycles. The minimum atomic E-state index is -0.593. The summed E-state index contributed by atoms with van der Waals surface area (Å²) in [5.74, 6) is 0.804. The van der Waals surface area contributed by atoms with Gasteiger partial charge in [0, 0.05) is 17.4 Å². The molecule has 146 valence electrons. The van der Waals surface area contributed by atoms with E-state index in [2.05, 4.69) is 28.1 Å².